The Morgan fingerprint density at radius 2 is 2.29 bits per heavy atom. The van der Waals surface area contributed by atoms with Crippen LogP contribution in [0.25, 0.3) is 0 Å². The highest BCUT2D eigenvalue weighted by Crippen LogP contribution is 2.44. The molecule has 0 spiro atoms. The van der Waals surface area contributed by atoms with Gasteiger partial charge in [-0.25, -0.2) is 0 Å². The highest BCUT2D eigenvalue weighted by atomic mass is 32.2. The molecule has 0 radical (unpaired) electrons. The summed E-state index contributed by atoms with van der Waals surface area (Å²) in [6.45, 7) is 0. The van der Waals surface area contributed by atoms with E-state index in [2.05, 4.69) is 28.9 Å². The van der Waals surface area contributed by atoms with Crippen molar-refractivity contribution >= 4 is 23.1 Å². The Hall–Kier alpha value is -0.500. The van der Waals surface area contributed by atoms with Crippen LogP contribution in [-0.4, -0.2) is 17.3 Å². The molecule has 1 heterocycles. The van der Waals surface area contributed by atoms with Gasteiger partial charge in [-0.15, -0.1) is 23.1 Å². The fraction of sp³-hybridized carbons (Fsp3) is 0.615. The van der Waals surface area contributed by atoms with E-state index < -0.39 is 0 Å². The second-order valence-corrected chi connectivity index (χ2v) is 7.22. The van der Waals surface area contributed by atoms with Crippen LogP contribution < -0.4 is 5.32 Å². The van der Waals surface area contributed by atoms with E-state index in [-0.39, 0.29) is 5.54 Å². The van der Waals surface area contributed by atoms with Crippen molar-refractivity contribution in [2.75, 3.05) is 5.75 Å². The molecule has 4 heteroatoms. The molecule has 0 bridgehead atoms. The van der Waals surface area contributed by atoms with Crippen LogP contribution in [0.4, 0.5) is 0 Å². The Morgan fingerprint density at radius 3 is 2.82 bits per heavy atom. The van der Waals surface area contributed by atoms with Gasteiger partial charge in [-0.3, -0.25) is 5.32 Å². The van der Waals surface area contributed by atoms with E-state index in [1.807, 2.05) is 11.8 Å². The third-order valence-electron chi connectivity index (χ3n) is 3.45. The molecule has 2 saturated carbocycles. The molecule has 90 valence electrons. The van der Waals surface area contributed by atoms with Crippen LogP contribution in [-0.2, 0) is 0 Å². The number of nitrogens with one attached hydrogen (secondary N) is 1. The van der Waals surface area contributed by atoms with Crippen LogP contribution in [0.1, 0.15) is 25.7 Å². The molecular weight excluding hydrogens is 248 g/mol. The first-order valence-electron chi connectivity index (χ1n) is 6.18. The van der Waals surface area contributed by atoms with Gasteiger partial charge >= 0.3 is 0 Å². The average molecular weight is 264 g/mol. The maximum absolute atomic E-state index is 9.57. The summed E-state index contributed by atoms with van der Waals surface area (Å²) in [7, 11) is 0. The molecule has 2 aliphatic rings. The molecule has 17 heavy (non-hydrogen) atoms. The van der Waals surface area contributed by atoms with Gasteiger partial charge < -0.3 is 0 Å². The zero-order chi connectivity index (χ0) is 11.7. The van der Waals surface area contributed by atoms with Crippen molar-refractivity contribution in [3.8, 4) is 6.07 Å². The average Bonchev–Trinajstić information content (AvgIpc) is 3.26. The van der Waals surface area contributed by atoms with Gasteiger partial charge in [0.2, 0.25) is 0 Å². The molecule has 1 aromatic rings. The Labute approximate surface area is 110 Å². The highest BCUT2D eigenvalue weighted by molar-refractivity contribution is 8.01. The quantitative estimate of drug-likeness (QED) is 0.801. The summed E-state index contributed by atoms with van der Waals surface area (Å²) < 4.78 is 1.32. The summed E-state index contributed by atoms with van der Waals surface area (Å²) in [4.78, 5) is 0. The normalized spacial score (nSPS) is 23.0. The Kier molecular flexibility index (Phi) is 3.16. The van der Waals surface area contributed by atoms with Crippen molar-refractivity contribution in [2.45, 2.75) is 41.5 Å². The maximum atomic E-state index is 9.57. The van der Waals surface area contributed by atoms with Gasteiger partial charge in [0.15, 0.2) is 0 Å². The first-order chi connectivity index (χ1) is 8.32. The Bertz CT molecular complexity index is 415. The molecule has 2 aliphatic carbocycles. The van der Waals surface area contributed by atoms with Crippen LogP contribution in [0.5, 0.6) is 0 Å². The number of nitrogens with zero attached hydrogens (tertiary/aromatic N) is 1. The summed E-state index contributed by atoms with van der Waals surface area (Å²) in [6.07, 6.45) is 4.94. The van der Waals surface area contributed by atoms with Crippen molar-refractivity contribution in [3.63, 3.8) is 0 Å². The number of nitriles is 1. The van der Waals surface area contributed by atoms with E-state index >= 15 is 0 Å². The van der Waals surface area contributed by atoms with Crippen molar-refractivity contribution in [1.82, 2.24) is 5.32 Å². The summed E-state index contributed by atoms with van der Waals surface area (Å²) >= 11 is 3.60. The van der Waals surface area contributed by atoms with Gasteiger partial charge in [-0.05, 0) is 43.0 Å². The van der Waals surface area contributed by atoms with Gasteiger partial charge in [-0.2, -0.15) is 5.26 Å². The molecule has 1 aromatic heterocycles. The minimum atomic E-state index is -0.268. The molecule has 1 atom stereocenters. The van der Waals surface area contributed by atoms with Crippen LogP contribution in [0.15, 0.2) is 21.7 Å². The summed E-state index contributed by atoms with van der Waals surface area (Å²) in [5.41, 5.74) is -0.268. The molecule has 0 aromatic carbocycles. The predicted octanol–water partition coefficient (Wildman–Crippen LogP) is 3.26. The molecule has 0 amide bonds. The second-order valence-electron chi connectivity index (χ2n) is 5.00. The van der Waals surface area contributed by atoms with Crippen molar-refractivity contribution in [3.05, 3.63) is 17.5 Å². The van der Waals surface area contributed by atoms with Gasteiger partial charge in [0, 0.05) is 11.8 Å². The smallest absolute Gasteiger partial charge is 0.119 e. The molecule has 2 nitrogen and oxygen atoms in total. The second kappa shape index (κ2) is 4.64. The van der Waals surface area contributed by atoms with E-state index in [0.717, 1.165) is 5.75 Å². The van der Waals surface area contributed by atoms with Gasteiger partial charge in [0.05, 0.1) is 10.3 Å². The largest absolute Gasteiger partial charge is 0.296 e. The van der Waals surface area contributed by atoms with Crippen LogP contribution in [0.2, 0.25) is 0 Å². The fourth-order valence-corrected chi connectivity index (χ4v) is 4.12. The molecule has 2 fully saturated rings. The number of hydrogen-bond acceptors (Lipinski definition) is 4. The zero-order valence-electron chi connectivity index (χ0n) is 9.69. The Morgan fingerprint density at radius 1 is 1.47 bits per heavy atom. The lowest BCUT2D eigenvalue weighted by atomic mass is 9.97. The highest BCUT2D eigenvalue weighted by Gasteiger charge is 2.48. The zero-order valence-corrected chi connectivity index (χ0v) is 11.3. The lowest BCUT2D eigenvalue weighted by Crippen LogP contribution is -2.49. The van der Waals surface area contributed by atoms with Gasteiger partial charge in [0.1, 0.15) is 5.54 Å². The van der Waals surface area contributed by atoms with Crippen LogP contribution >= 0.6 is 23.1 Å². The maximum Gasteiger partial charge on any atom is 0.119 e. The molecule has 0 saturated heterocycles. The summed E-state index contributed by atoms with van der Waals surface area (Å²) in [5.74, 6) is 1.48. The van der Waals surface area contributed by atoms with E-state index in [4.69, 9.17) is 0 Å². The number of rotatable bonds is 6. The third-order valence-corrected chi connectivity index (χ3v) is 5.77. The summed E-state index contributed by atoms with van der Waals surface area (Å²) in [6, 6.07) is 7.41. The molecule has 1 unspecified atom stereocenters. The van der Waals surface area contributed by atoms with E-state index in [1.54, 1.807) is 11.3 Å². The number of hydrogen-bond donors (Lipinski definition) is 1. The lowest BCUT2D eigenvalue weighted by Gasteiger charge is -2.27. The summed E-state index contributed by atoms with van der Waals surface area (Å²) in [5, 5.41) is 15.3. The SMILES string of the molecule is N#CC(CSc1cccs1)(NC1CC1)C1CC1. The van der Waals surface area contributed by atoms with Crippen LogP contribution in [0, 0.1) is 17.2 Å². The Balaban J connectivity index is 1.67. The molecular formula is C13H16N2S2. The van der Waals surface area contributed by atoms with Crippen molar-refractivity contribution < 1.29 is 0 Å². The minimum Gasteiger partial charge on any atom is -0.296 e. The molecule has 1 N–H and O–H groups in total. The first kappa shape index (κ1) is 11.6. The fourth-order valence-electron chi connectivity index (χ4n) is 2.13. The number of thiophene rings is 1. The van der Waals surface area contributed by atoms with Crippen LogP contribution in [0.3, 0.4) is 0 Å². The topological polar surface area (TPSA) is 35.8 Å². The van der Waals surface area contributed by atoms with Gasteiger partial charge in [0.25, 0.3) is 0 Å². The predicted molar refractivity (Wildman–Crippen MR) is 72.3 cm³/mol. The monoisotopic (exact) mass is 264 g/mol. The standard InChI is InChI=1S/C13H16N2S2/c14-8-13(10-3-4-10,15-11-5-6-11)9-17-12-2-1-7-16-12/h1-2,7,10-11,15H,3-6,9H2. The van der Waals surface area contributed by atoms with E-state index in [9.17, 15) is 5.26 Å². The molecule has 3 rings (SSSR count). The number of thioether (sulfide) groups is 1. The molecule has 0 aliphatic heterocycles. The van der Waals surface area contributed by atoms with Gasteiger partial charge in [-0.1, -0.05) is 6.07 Å². The minimum absolute atomic E-state index is 0.268. The lowest BCUT2D eigenvalue weighted by molar-refractivity contribution is 0.401. The van der Waals surface area contributed by atoms with E-state index in [0.29, 0.717) is 12.0 Å². The third kappa shape index (κ3) is 2.67. The first-order valence-corrected chi connectivity index (χ1v) is 8.04. The van der Waals surface area contributed by atoms with Crippen molar-refractivity contribution in [2.24, 2.45) is 5.92 Å². The van der Waals surface area contributed by atoms with Crippen molar-refractivity contribution in [1.29, 1.82) is 5.26 Å². The van der Waals surface area contributed by atoms with E-state index in [1.165, 1.54) is 29.9 Å².